The quantitative estimate of drug-likeness (QED) is 0.417. The van der Waals surface area contributed by atoms with Crippen LogP contribution >= 0.6 is 0 Å². The molecule has 1 unspecified atom stereocenters. The molecule has 1 fully saturated rings. The van der Waals surface area contributed by atoms with Crippen molar-refractivity contribution in [2.24, 2.45) is 0 Å². The number of ether oxygens (including phenoxy) is 1. The molecule has 5 rings (SSSR count). The van der Waals surface area contributed by atoms with Crippen molar-refractivity contribution in [1.82, 2.24) is 4.90 Å². The number of carbonyl (C=O) groups excluding carboxylic acids is 1. The van der Waals surface area contributed by atoms with Crippen LogP contribution in [0.1, 0.15) is 39.9 Å². The van der Waals surface area contributed by atoms with Gasteiger partial charge in [-0.15, -0.1) is 0 Å². The molecule has 4 nitrogen and oxygen atoms in total. The second-order valence-electron chi connectivity index (χ2n) is 8.98. The van der Waals surface area contributed by atoms with E-state index in [2.05, 4.69) is 17.9 Å². The molecule has 1 N–H and O–H groups in total. The molecule has 4 heteroatoms. The first kappa shape index (κ1) is 22.7. The number of methoxy groups -OCH3 is 1. The Bertz CT molecular complexity index is 1410. The third kappa shape index (κ3) is 4.91. The van der Waals surface area contributed by atoms with Gasteiger partial charge in [-0.2, -0.15) is 0 Å². The minimum atomic E-state index is -1.05. The van der Waals surface area contributed by atoms with Gasteiger partial charge < -0.3 is 14.7 Å². The highest BCUT2D eigenvalue weighted by Gasteiger charge is 2.37. The summed E-state index contributed by atoms with van der Waals surface area (Å²) < 4.78 is 5.17. The Morgan fingerprint density at radius 1 is 0.886 bits per heavy atom. The predicted molar refractivity (Wildman–Crippen MR) is 138 cm³/mol. The first-order valence-electron chi connectivity index (χ1n) is 11.8. The number of aliphatic hydroxyl groups is 1. The number of likely N-dealkylation sites (tertiary alicyclic amines) is 1. The highest BCUT2D eigenvalue weighted by Crippen LogP contribution is 2.33. The second kappa shape index (κ2) is 9.66. The van der Waals surface area contributed by atoms with E-state index in [1.165, 1.54) is 0 Å². The Morgan fingerprint density at radius 3 is 2.23 bits per heavy atom. The summed E-state index contributed by atoms with van der Waals surface area (Å²) in [6.07, 6.45) is 1.38. The molecule has 0 aliphatic carbocycles. The van der Waals surface area contributed by atoms with E-state index in [0.29, 0.717) is 18.5 Å². The molecule has 0 bridgehead atoms. The maximum atomic E-state index is 13.2. The molecular weight excluding hydrogens is 434 g/mol. The Balaban J connectivity index is 1.30. The van der Waals surface area contributed by atoms with Gasteiger partial charge in [-0.05, 0) is 83.8 Å². The van der Waals surface area contributed by atoms with Crippen LogP contribution in [0.5, 0.6) is 5.75 Å². The number of fused-ring (bicyclic) bond motifs is 1. The number of benzene rings is 4. The van der Waals surface area contributed by atoms with E-state index in [1.807, 2.05) is 84.9 Å². The summed E-state index contributed by atoms with van der Waals surface area (Å²) in [5, 5.41) is 13.7. The Kier molecular flexibility index (Phi) is 6.27. The van der Waals surface area contributed by atoms with E-state index in [1.54, 1.807) is 12.0 Å². The van der Waals surface area contributed by atoms with Gasteiger partial charge in [0.2, 0.25) is 0 Å². The molecule has 1 aliphatic rings. The minimum Gasteiger partial charge on any atom is -0.497 e. The molecule has 1 aliphatic heterocycles. The van der Waals surface area contributed by atoms with Gasteiger partial charge in [0, 0.05) is 23.2 Å². The van der Waals surface area contributed by atoms with Crippen LogP contribution in [0.4, 0.5) is 0 Å². The highest BCUT2D eigenvalue weighted by atomic mass is 16.5. The number of hydrogen-bond acceptors (Lipinski definition) is 3. The topological polar surface area (TPSA) is 49.8 Å². The molecule has 1 amide bonds. The first-order chi connectivity index (χ1) is 17.0. The minimum absolute atomic E-state index is 0.0708. The molecule has 4 aromatic carbocycles. The van der Waals surface area contributed by atoms with Crippen molar-refractivity contribution in [3.8, 4) is 17.6 Å². The molecule has 4 aromatic rings. The summed E-state index contributed by atoms with van der Waals surface area (Å²) in [6, 6.07) is 29.1. The highest BCUT2D eigenvalue weighted by molar-refractivity contribution is 5.94. The van der Waals surface area contributed by atoms with Gasteiger partial charge in [-0.1, -0.05) is 48.2 Å². The molecule has 1 atom stereocenters. The molecule has 35 heavy (non-hydrogen) atoms. The number of piperidine rings is 1. The summed E-state index contributed by atoms with van der Waals surface area (Å²) in [4.78, 5) is 15.0. The van der Waals surface area contributed by atoms with Crippen molar-refractivity contribution < 1.29 is 14.6 Å². The van der Waals surface area contributed by atoms with Crippen molar-refractivity contribution in [2.75, 3.05) is 20.2 Å². The van der Waals surface area contributed by atoms with Crippen LogP contribution in [-0.4, -0.2) is 36.1 Å². The Morgan fingerprint density at radius 2 is 1.54 bits per heavy atom. The zero-order valence-electron chi connectivity index (χ0n) is 19.7. The Hall–Kier alpha value is -4.07. The average molecular weight is 462 g/mol. The van der Waals surface area contributed by atoms with E-state index in [-0.39, 0.29) is 12.5 Å². The van der Waals surface area contributed by atoms with Crippen LogP contribution in [0.25, 0.3) is 10.8 Å². The van der Waals surface area contributed by atoms with Crippen molar-refractivity contribution in [3.63, 3.8) is 0 Å². The number of rotatable bonds is 3. The van der Waals surface area contributed by atoms with Crippen molar-refractivity contribution in [2.45, 2.75) is 18.4 Å². The van der Waals surface area contributed by atoms with Crippen LogP contribution in [0.2, 0.25) is 0 Å². The van der Waals surface area contributed by atoms with E-state index >= 15 is 0 Å². The van der Waals surface area contributed by atoms with Crippen molar-refractivity contribution >= 4 is 16.7 Å². The largest absolute Gasteiger partial charge is 0.497 e. The summed E-state index contributed by atoms with van der Waals surface area (Å²) in [6.45, 7) is 0.914. The van der Waals surface area contributed by atoms with Gasteiger partial charge in [0.1, 0.15) is 11.4 Å². The van der Waals surface area contributed by atoms with E-state index in [9.17, 15) is 9.90 Å². The number of nitrogens with zero attached hydrogens (tertiary/aromatic N) is 1. The van der Waals surface area contributed by atoms with Gasteiger partial charge in [0.05, 0.1) is 13.7 Å². The third-order valence-electron chi connectivity index (χ3n) is 6.62. The zero-order valence-corrected chi connectivity index (χ0v) is 19.7. The molecule has 1 heterocycles. The normalized spacial score (nSPS) is 17.5. The van der Waals surface area contributed by atoms with Gasteiger partial charge in [0.25, 0.3) is 5.91 Å². The summed E-state index contributed by atoms with van der Waals surface area (Å²) in [5.74, 6) is 6.99. The number of amides is 1. The van der Waals surface area contributed by atoms with Gasteiger partial charge >= 0.3 is 0 Å². The lowest BCUT2D eigenvalue weighted by molar-refractivity contribution is -0.0288. The lowest BCUT2D eigenvalue weighted by atomic mass is 9.84. The van der Waals surface area contributed by atoms with Gasteiger partial charge in [-0.3, -0.25) is 4.79 Å². The predicted octanol–water partition coefficient (Wildman–Crippen LogP) is 5.37. The van der Waals surface area contributed by atoms with Gasteiger partial charge in [0.15, 0.2) is 0 Å². The summed E-state index contributed by atoms with van der Waals surface area (Å²) >= 11 is 0. The summed E-state index contributed by atoms with van der Waals surface area (Å²) in [7, 11) is 1.64. The maximum absolute atomic E-state index is 13.2. The SMILES string of the molecule is COc1ccc(C#Cc2ccc(C(=O)N3CCCC(O)(c4ccc5ccccc5c4)C3)cc2)cc1. The van der Waals surface area contributed by atoms with Gasteiger partial charge in [-0.25, -0.2) is 0 Å². The number of hydrogen-bond donors (Lipinski definition) is 1. The second-order valence-corrected chi connectivity index (χ2v) is 8.98. The molecule has 0 spiro atoms. The van der Waals surface area contributed by atoms with E-state index in [0.717, 1.165) is 39.6 Å². The number of β-amino-alcohol motifs (C(OH)–C–C–N with tert-alkyl or cyclic N) is 1. The molecular formula is C31H27NO3. The van der Waals surface area contributed by atoms with E-state index in [4.69, 9.17) is 4.74 Å². The van der Waals surface area contributed by atoms with Crippen LogP contribution in [0.3, 0.4) is 0 Å². The lowest BCUT2D eigenvalue weighted by Crippen LogP contribution is -2.48. The Labute approximate surface area is 205 Å². The number of carbonyl (C=O) groups is 1. The zero-order chi connectivity index (χ0) is 24.3. The van der Waals surface area contributed by atoms with E-state index < -0.39 is 5.60 Å². The monoisotopic (exact) mass is 461 g/mol. The van der Waals surface area contributed by atoms with Crippen molar-refractivity contribution in [3.05, 3.63) is 113 Å². The van der Waals surface area contributed by atoms with Crippen LogP contribution in [0.15, 0.2) is 91.0 Å². The first-order valence-corrected chi connectivity index (χ1v) is 11.8. The summed E-state index contributed by atoms with van der Waals surface area (Å²) in [5.41, 5.74) is 2.14. The molecule has 1 saturated heterocycles. The van der Waals surface area contributed by atoms with Crippen molar-refractivity contribution in [1.29, 1.82) is 0 Å². The van der Waals surface area contributed by atoms with Crippen LogP contribution in [-0.2, 0) is 5.60 Å². The third-order valence-corrected chi connectivity index (χ3v) is 6.62. The standard InChI is InChI=1S/C31H27NO3/c1-35-29-17-11-24(12-18-29)8-7-23-9-13-26(14-10-23)30(33)32-20-4-19-31(34,22-32)28-16-15-25-5-2-3-6-27(25)21-28/h2-3,5-6,9-18,21,34H,4,19-20,22H2,1H3. The molecule has 0 saturated carbocycles. The fourth-order valence-electron chi connectivity index (χ4n) is 4.62. The van der Waals surface area contributed by atoms with Crippen LogP contribution < -0.4 is 4.74 Å². The molecule has 0 aromatic heterocycles. The average Bonchev–Trinajstić information content (AvgIpc) is 2.92. The maximum Gasteiger partial charge on any atom is 0.253 e. The fraction of sp³-hybridized carbons (Fsp3) is 0.194. The van der Waals surface area contributed by atoms with Crippen LogP contribution in [0, 0.1) is 11.8 Å². The molecule has 174 valence electrons. The lowest BCUT2D eigenvalue weighted by Gasteiger charge is -2.39. The molecule has 0 radical (unpaired) electrons. The smallest absolute Gasteiger partial charge is 0.253 e. The fourth-order valence-corrected chi connectivity index (χ4v) is 4.62.